The monoisotopic (exact) mass is 172 g/mol. The zero-order chi connectivity index (χ0) is 8.59. The largest absolute Gasteiger partial charge is 0.304 e. The highest BCUT2D eigenvalue weighted by Crippen LogP contribution is 2.35. The second-order valence-electron chi connectivity index (χ2n) is 3.17. The molecule has 1 rings (SSSR count). The van der Waals surface area contributed by atoms with Gasteiger partial charge in [-0.3, -0.25) is 4.31 Å². The molecule has 1 heterocycles. The third-order valence-corrected chi connectivity index (χ3v) is 3.40. The Morgan fingerprint density at radius 3 is 1.91 bits per heavy atom. The zero-order valence-electron chi connectivity index (χ0n) is 7.88. The molecule has 0 amide bonds. The molecule has 1 aliphatic rings. The van der Waals surface area contributed by atoms with E-state index in [0.717, 1.165) is 0 Å². The summed E-state index contributed by atoms with van der Waals surface area (Å²) in [6, 6.07) is 0.583. The van der Waals surface area contributed by atoms with Gasteiger partial charge < -0.3 is 4.31 Å². The quantitative estimate of drug-likeness (QED) is 0.561. The van der Waals surface area contributed by atoms with E-state index in [1.165, 1.54) is 11.4 Å². The molecule has 0 saturated heterocycles. The Hall–Kier alpha value is -0.310. The van der Waals surface area contributed by atoms with Crippen molar-refractivity contribution in [2.45, 2.75) is 33.7 Å². The fourth-order valence-electron chi connectivity index (χ4n) is 1.12. The molecule has 0 aromatic rings. The predicted octanol–water partition coefficient (Wildman–Crippen LogP) is 2.46. The van der Waals surface area contributed by atoms with Gasteiger partial charge in [0.1, 0.15) is 0 Å². The average Bonchev–Trinajstić information content (AvgIpc) is 2.17. The first kappa shape index (κ1) is 8.78. The summed E-state index contributed by atoms with van der Waals surface area (Å²) in [6.45, 7) is 8.75. The molecule has 0 spiro atoms. The van der Waals surface area contributed by atoms with Crippen LogP contribution in [-0.2, 0) is 0 Å². The zero-order valence-corrected chi connectivity index (χ0v) is 8.70. The van der Waals surface area contributed by atoms with Gasteiger partial charge in [-0.1, -0.05) is 0 Å². The molecule has 0 radical (unpaired) electrons. The molecule has 0 fully saturated rings. The molecule has 0 aromatic carbocycles. The molecule has 0 N–H and O–H groups in total. The Labute approximate surface area is 73.5 Å². The van der Waals surface area contributed by atoms with Crippen molar-refractivity contribution in [3.05, 3.63) is 11.4 Å². The molecule has 1 aliphatic heterocycles. The molecule has 11 heavy (non-hydrogen) atoms. The Morgan fingerprint density at radius 2 is 1.73 bits per heavy atom. The van der Waals surface area contributed by atoms with Crippen molar-refractivity contribution in [3.63, 3.8) is 0 Å². The topological polar surface area (TPSA) is 6.48 Å². The lowest BCUT2D eigenvalue weighted by atomic mass is 10.3. The van der Waals surface area contributed by atoms with Crippen molar-refractivity contribution in [2.75, 3.05) is 7.05 Å². The SMILES string of the molecule is CC1=C(C)N(C(C)C)SN1C. The van der Waals surface area contributed by atoms with Crippen LogP contribution in [0.15, 0.2) is 11.4 Å². The van der Waals surface area contributed by atoms with Gasteiger partial charge in [-0.2, -0.15) is 0 Å². The third kappa shape index (κ3) is 1.48. The van der Waals surface area contributed by atoms with Crippen LogP contribution >= 0.6 is 12.1 Å². The van der Waals surface area contributed by atoms with Crippen LogP contribution in [-0.4, -0.2) is 21.7 Å². The molecule has 0 aliphatic carbocycles. The molecule has 0 aromatic heterocycles. The van der Waals surface area contributed by atoms with Gasteiger partial charge in [-0.15, -0.1) is 0 Å². The molecular formula is C8H16N2S. The maximum absolute atomic E-state index is 2.33. The van der Waals surface area contributed by atoms with Crippen molar-refractivity contribution in [1.82, 2.24) is 8.61 Å². The van der Waals surface area contributed by atoms with Crippen LogP contribution in [0.4, 0.5) is 0 Å². The molecule has 2 nitrogen and oxygen atoms in total. The summed E-state index contributed by atoms with van der Waals surface area (Å²) in [5, 5.41) is 0. The fraction of sp³-hybridized carbons (Fsp3) is 0.750. The smallest absolute Gasteiger partial charge is 0.0708 e. The van der Waals surface area contributed by atoms with E-state index in [2.05, 4.69) is 43.4 Å². The molecule has 0 bridgehead atoms. The van der Waals surface area contributed by atoms with Gasteiger partial charge in [-0.25, -0.2) is 0 Å². The van der Waals surface area contributed by atoms with Gasteiger partial charge in [0.05, 0.1) is 12.1 Å². The molecular weight excluding hydrogens is 156 g/mol. The molecule has 0 atom stereocenters. The Kier molecular flexibility index (Phi) is 2.37. The van der Waals surface area contributed by atoms with E-state index in [-0.39, 0.29) is 0 Å². The molecule has 3 heteroatoms. The summed E-state index contributed by atoms with van der Waals surface area (Å²) in [7, 11) is 2.10. The van der Waals surface area contributed by atoms with Crippen LogP contribution in [0.3, 0.4) is 0 Å². The van der Waals surface area contributed by atoms with Gasteiger partial charge in [0.2, 0.25) is 0 Å². The highest BCUT2D eigenvalue weighted by Gasteiger charge is 2.23. The lowest BCUT2D eigenvalue weighted by Crippen LogP contribution is -2.19. The summed E-state index contributed by atoms with van der Waals surface area (Å²) < 4.78 is 4.53. The van der Waals surface area contributed by atoms with E-state index in [1.54, 1.807) is 12.1 Å². The van der Waals surface area contributed by atoms with Gasteiger partial charge in [0, 0.05) is 24.5 Å². The van der Waals surface area contributed by atoms with Crippen molar-refractivity contribution < 1.29 is 0 Å². The third-order valence-electron chi connectivity index (χ3n) is 2.01. The standard InChI is InChI=1S/C8H16N2S/c1-6(2)10-8(4)7(3)9(5)11-10/h6H,1-5H3. The van der Waals surface area contributed by atoms with E-state index in [9.17, 15) is 0 Å². The Balaban J connectivity index is 2.77. The van der Waals surface area contributed by atoms with E-state index in [1.807, 2.05) is 0 Å². The van der Waals surface area contributed by atoms with Crippen molar-refractivity contribution >= 4 is 12.1 Å². The van der Waals surface area contributed by atoms with Gasteiger partial charge in [0.15, 0.2) is 0 Å². The lowest BCUT2D eigenvalue weighted by molar-refractivity contribution is 0.480. The second-order valence-corrected chi connectivity index (χ2v) is 4.27. The number of nitrogens with zero attached hydrogens (tertiary/aromatic N) is 2. The average molecular weight is 172 g/mol. The number of hydrogen-bond donors (Lipinski definition) is 0. The van der Waals surface area contributed by atoms with Crippen LogP contribution in [0.5, 0.6) is 0 Å². The summed E-state index contributed by atoms with van der Waals surface area (Å²) in [4.78, 5) is 0. The minimum absolute atomic E-state index is 0.583. The lowest BCUT2D eigenvalue weighted by Gasteiger charge is -2.22. The Morgan fingerprint density at radius 1 is 1.18 bits per heavy atom. The van der Waals surface area contributed by atoms with Crippen LogP contribution in [0.1, 0.15) is 27.7 Å². The fourth-order valence-corrected chi connectivity index (χ4v) is 2.08. The minimum atomic E-state index is 0.583. The van der Waals surface area contributed by atoms with Gasteiger partial charge >= 0.3 is 0 Å². The number of hydrogen-bond acceptors (Lipinski definition) is 3. The maximum Gasteiger partial charge on any atom is 0.0708 e. The van der Waals surface area contributed by atoms with E-state index in [4.69, 9.17) is 0 Å². The van der Waals surface area contributed by atoms with Crippen LogP contribution in [0.25, 0.3) is 0 Å². The van der Waals surface area contributed by atoms with Crippen LogP contribution < -0.4 is 0 Å². The summed E-state index contributed by atoms with van der Waals surface area (Å²) in [6.07, 6.45) is 0. The second kappa shape index (κ2) is 2.97. The maximum atomic E-state index is 2.33. The van der Waals surface area contributed by atoms with E-state index in [0.29, 0.717) is 6.04 Å². The van der Waals surface area contributed by atoms with Crippen molar-refractivity contribution in [3.8, 4) is 0 Å². The normalized spacial score (nSPS) is 19.1. The summed E-state index contributed by atoms with van der Waals surface area (Å²) >= 11 is 1.78. The molecule has 0 unspecified atom stereocenters. The van der Waals surface area contributed by atoms with Gasteiger partial charge in [0.25, 0.3) is 0 Å². The first-order chi connectivity index (χ1) is 5.04. The predicted molar refractivity (Wildman–Crippen MR) is 50.7 cm³/mol. The van der Waals surface area contributed by atoms with Crippen molar-refractivity contribution in [2.24, 2.45) is 0 Å². The highest BCUT2D eigenvalue weighted by atomic mass is 32.2. The van der Waals surface area contributed by atoms with Crippen molar-refractivity contribution in [1.29, 1.82) is 0 Å². The number of allylic oxidation sites excluding steroid dienone is 2. The Bertz CT molecular complexity index is 187. The first-order valence-electron chi connectivity index (χ1n) is 3.92. The van der Waals surface area contributed by atoms with Crippen LogP contribution in [0.2, 0.25) is 0 Å². The number of rotatable bonds is 1. The first-order valence-corrected chi connectivity index (χ1v) is 4.65. The van der Waals surface area contributed by atoms with Crippen LogP contribution in [0, 0.1) is 0 Å². The van der Waals surface area contributed by atoms with E-state index >= 15 is 0 Å². The summed E-state index contributed by atoms with van der Waals surface area (Å²) in [5.41, 5.74) is 2.75. The van der Waals surface area contributed by atoms with Gasteiger partial charge in [-0.05, 0) is 27.7 Å². The van der Waals surface area contributed by atoms with E-state index < -0.39 is 0 Å². The molecule has 64 valence electrons. The summed E-state index contributed by atoms with van der Waals surface area (Å²) in [5.74, 6) is 0. The minimum Gasteiger partial charge on any atom is -0.304 e. The molecule has 0 saturated carbocycles. The highest BCUT2D eigenvalue weighted by molar-refractivity contribution is 7.95.